The molecule has 1 rings (SSSR count). The Morgan fingerprint density at radius 3 is 2.63 bits per heavy atom. The number of nitrogens with one attached hydrogen (secondary N) is 1. The van der Waals surface area contributed by atoms with E-state index in [0.717, 1.165) is 17.9 Å². The monoisotopic (exact) mass is 291 g/mol. The summed E-state index contributed by atoms with van der Waals surface area (Å²) in [7, 11) is 0. The fourth-order valence-corrected chi connectivity index (χ4v) is 1.98. The highest BCUT2D eigenvalue weighted by molar-refractivity contribution is 7.99. The number of hydrogen-bond acceptors (Lipinski definition) is 2. The van der Waals surface area contributed by atoms with Gasteiger partial charge in [-0.1, -0.05) is 5.92 Å². The minimum absolute atomic E-state index is 0.192. The molecule has 0 aliphatic heterocycles. The number of halogens is 4. The summed E-state index contributed by atoms with van der Waals surface area (Å²) in [6, 6.07) is 2.54. The zero-order valence-corrected chi connectivity index (χ0v) is 10.9. The van der Waals surface area contributed by atoms with Crippen molar-refractivity contribution in [1.29, 1.82) is 0 Å². The van der Waals surface area contributed by atoms with Crippen molar-refractivity contribution >= 4 is 11.8 Å². The van der Waals surface area contributed by atoms with Crippen molar-refractivity contribution in [3.05, 3.63) is 35.1 Å². The molecule has 1 nitrogen and oxygen atoms in total. The Kier molecular flexibility index (Phi) is 6.19. The molecule has 0 fully saturated rings. The molecule has 0 radical (unpaired) electrons. The molecule has 6 heteroatoms. The molecule has 0 aliphatic carbocycles. The standard InChI is InChI=1S/C13H13F4NS/c1-2-4-19-5-3-18-9-10-6-11(13(15,16)17)8-12(14)7-10/h1,6-8,18H,3-5,9H2. The van der Waals surface area contributed by atoms with Gasteiger partial charge in [0.25, 0.3) is 0 Å². The Bertz CT molecular complexity index is 451. The molecule has 104 valence electrons. The summed E-state index contributed by atoms with van der Waals surface area (Å²) in [5.41, 5.74) is -0.694. The van der Waals surface area contributed by atoms with Crippen LogP contribution in [0, 0.1) is 18.2 Å². The first-order valence-corrected chi connectivity index (χ1v) is 6.67. The van der Waals surface area contributed by atoms with E-state index in [0.29, 0.717) is 18.4 Å². The number of benzene rings is 1. The van der Waals surface area contributed by atoms with Gasteiger partial charge in [0.1, 0.15) is 5.82 Å². The summed E-state index contributed by atoms with van der Waals surface area (Å²) in [5.74, 6) is 2.94. The molecule has 19 heavy (non-hydrogen) atoms. The van der Waals surface area contributed by atoms with Crippen LogP contribution in [-0.2, 0) is 12.7 Å². The average Bonchev–Trinajstić information content (AvgIpc) is 2.32. The topological polar surface area (TPSA) is 12.0 Å². The van der Waals surface area contributed by atoms with Crippen LogP contribution < -0.4 is 5.32 Å². The quantitative estimate of drug-likeness (QED) is 0.490. The number of hydrogen-bond donors (Lipinski definition) is 1. The minimum Gasteiger partial charge on any atom is -0.312 e. The Labute approximate surface area is 113 Å². The summed E-state index contributed by atoms with van der Waals surface area (Å²) in [4.78, 5) is 0. The molecule has 0 aromatic heterocycles. The molecule has 0 aliphatic rings. The first-order chi connectivity index (χ1) is 8.93. The van der Waals surface area contributed by atoms with Crippen molar-refractivity contribution in [1.82, 2.24) is 5.32 Å². The predicted molar refractivity (Wildman–Crippen MR) is 69.3 cm³/mol. The smallest absolute Gasteiger partial charge is 0.312 e. The van der Waals surface area contributed by atoms with E-state index in [9.17, 15) is 17.6 Å². The van der Waals surface area contributed by atoms with Crippen LogP contribution in [0.1, 0.15) is 11.1 Å². The van der Waals surface area contributed by atoms with Crippen LogP contribution in [0.4, 0.5) is 17.6 Å². The molecule has 0 unspecified atom stereocenters. The normalized spacial score (nSPS) is 11.3. The van der Waals surface area contributed by atoms with E-state index in [1.807, 2.05) is 0 Å². The molecule has 1 aromatic carbocycles. The molecule has 1 aromatic rings. The average molecular weight is 291 g/mol. The van der Waals surface area contributed by atoms with Crippen molar-refractivity contribution < 1.29 is 17.6 Å². The van der Waals surface area contributed by atoms with Gasteiger partial charge in [-0.3, -0.25) is 0 Å². The lowest BCUT2D eigenvalue weighted by molar-refractivity contribution is -0.137. The summed E-state index contributed by atoms with van der Waals surface area (Å²) in [6.07, 6.45) is 0.541. The van der Waals surface area contributed by atoms with Gasteiger partial charge in [0.05, 0.1) is 11.3 Å². The van der Waals surface area contributed by atoms with Gasteiger partial charge in [-0.15, -0.1) is 18.2 Å². The van der Waals surface area contributed by atoms with Crippen LogP contribution in [0.2, 0.25) is 0 Å². The highest BCUT2D eigenvalue weighted by Gasteiger charge is 2.31. The van der Waals surface area contributed by atoms with Crippen molar-refractivity contribution in [3.63, 3.8) is 0 Å². The van der Waals surface area contributed by atoms with Gasteiger partial charge in [-0.05, 0) is 23.8 Å². The zero-order chi connectivity index (χ0) is 14.3. The van der Waals surface area contributed by atoms with Crippen molar-refractivity contribution in [2.24, 2.45) is 0 Å². The maximum absolute atomic E-state index is 13.1. The Hall–Kier alpha value is -1.19. The molecule has 0 spiro atoms. The van der Waals surface area contributed by atoms with E-state index >= 15 is 0 Å². The summed E-state index contributed by atoms with van der Waals surface area (Å²) in [5, 5.41) is 2.94. The Balaban J connectivity index is 2.50. The number of alkyl halides is 3. The predicted octanol–water partition coefficient (Wildman–Crippen LogP) is 3.30. The van der Waals surface area contributed by atoms with Crippen LogP contribution in [0.3, 0.4) is 0 Å². The van der Waals surface area contributed by atoms with Gasteiger partial charge in [0, 0.05) is 18.8 Å². The third kappa shape index (κ3) is 5.99. The van der Waals surface area contributed by atoms with E-state index in [1.54, 1.807) is 11.8 Å². The fourth-order valence-electron chi connectivity index (χ4n) is 1.42. The summed E-state index contributed by atoms with van der Waals surface area (Å²) in [6.45, 7) is 0.793. The molecule has 0 saturated heterocycles. The SMILES string of the molecule is C#CCSCCNCc1cc(F)cc(C(F)(F)F)c1. The van der Waals surface area contributed by atoms with E-state index in [2.05, 4.69) is 11.2 Å². The van der Waals surface area contributed by atoms with E-state index < -0.39 is 17.6 Å². The number of terminal acetylenes is 1. The lowest BCUT2D eigenvalue weighted by atomic mass is 10.1. The highest BCUT2D eigenvalue weighted by Crippen LogP contribution is 2.30. The largest absolute Gasteiger partial charge is 0.416 e. The molecule has 0 saturated carbocycles. The van der Waals surface area contributed by atoms with Crippen LogP contribution in [0.25, 0.3) is 0 Å². The third-order valence-electron chi connectivity index (χ3n) is 2.22. The summed E-state index contributed by atoms with van der Waals surface area (Å²) < 4.78 is 50.5. The van der Waals surface area contributed by atoms with E-state index in [4.69, 9.17) is 6.42 Å². The van der Waals surface area contributed by atoms with Gasteiger partial charge >= 0.3 is 6.18 Å². The first kappa shape index (κ1) is 15.9. The van der Waals surface area contributed by atoms with Crippen molar-refractivity contribution in [3.8, 4) is 12.3 Å². The second-order valence-corrected chi connectivity index (χ2v) is 4.88. The van der Waals surface area contributed by atoms with Gasteiger partial charge < -0.3 is 5.32 Å². The molecule has 0 atom stereocenters. The van der Waals surface area contributed by atoms with Crippen LogP contribution in [0.5, 0.6) is 0 Å². The molecular weight excluding hydrogens is 278 g/mol. The third-order valence-corrected chi connectivity index (χ3v) is 3.09. The van der Waals surface area contributed by atoms with E-state index in [-0.39, 0.29) is 12.1 Å². The van der Waals surface area contributed by atoms with Crippen LogP contribution >= 0.6 is 11.8 Å². The molecule has 0 amide bonds. The van der Waals surface area contributed by atoms with Crippen molar-refractivity contribution in [2.45, 2.75) is 12.7 Å². The van der Waals surface area contributed by atoms with Gasteiger partial charge in [-0.2, -0.15) is 13.2 Å². The Morgan fingerprint density at radius 1 is 1.26 bits per heavy atom. The maximum Gasteiger partial charge on any atom is 0.416 e. The number of rotatable bonds is 6. The second-order valence-electron chi connectivity index (χ2n) is 3.78. The van der Waals surface area contributed by atoms with E-state index in [1.165, 1.54) is 0 Å². The zero-order valence-electron chi connectivity index (χ0n) is 10.1. The number of thioether (sulfide) groups is 1. The fraction of sp³-hybridized carbons (Fsp3) is 0.385. The van der Waals surface area contributed by atoms with Gasteiger partial charge in [0.15, 0.2) is 0 Å². The van der Waals surface area contributed by atoms with Gasteiger partial charge in [0.2, 0.25) is 0 Å². The minimum atomic E-state index is -4.53. The maximum atomic E-state index is 13.1. The highest BCUT2D eigenvalue weighted by atomic mass is 32.2. The van der Waals surface area contributed by atoms with Crippen LogP contribution in [0.15, 0.2) is 18.2 Å². The molecular formula is C13H13F4NS. The molecule has 0 heterocycles. The molecule has 1 N–H and O–H groups in total. The lowest BCUT2D eigenvalue weighted by Crippen LogP contribution is -2.17. The second kappa shape index (κ2) is 7.41. The molecule has 0 bridgehead atoms. The summed E-state index contributed by atoms with van der Waals surface area (Å²) >= 11 is 1.55. The van der Waals surface area contributed by atoms with Gasteiger partial charge in [-0.25, -0.2) is 4.39 Å². The Morgan fingerprint density at radius 2 is 2.00 bits per heavy atom. The lowest BCUT2D eigenvalue weighted by Gasteiger charge is -2.10. The van der Waals surface area contributed by atoms with Crippen LogP contribution in [-0.4, -0.2) is 18.1 Å². The first-order valence-electron chi connectivity index (χ1n) is 5.52. The van der Waals surface area contributed by atoms with Crippen molar-refractivity contribution in [2.75, 3.05) is 18.1 Å².